The fourth-order valence-corrected chi connectivity index (χ4v) is 4.61. The number of ether oxygens (including phenoxy) is 2. The van der Waals surface area contributed by atoms with Crippen LogP contribution in [0, 0.1) is 5.41 Å². The van der Waals surface area contributed by atoms with Crippen molar-refractivity contribution in [2.24, 2.45) is 10.1 Å². The largest absolute Gasteiger partial charge is 0.493 e. The summed E-state index contributed by atoms with van der Waals surface area (Å²) < 4.78 is 11.4. The Morgan fingerprint density at radius 1 is 1.17 bits per heavy atom. The number of amides is 1. The number of nitrogens with one attached hydrogen (secondary N) is 1. The molecule has 0 fully saturated rings. The fraction of sp³-hybridized carbons (Fsp3) is 0.0800. The van der Waals surface area contributed by atoms with Gasteiger partial charge in [-0.1, -0.05) is 41.9 Å². The van der Waals surface area contributed by atoms with E-state index in [1.165, 1.54) is 23.9 Å². The van der Waals surface area contributed by atoms with E-state index in [9.17, 15) is 4.79 Å². The molecule has 0 unspecified atom stereocenters. The van der Waals surface area contributed by atoms with Crippen LogP contribution in [0.1, 0.15) is 16.7 Å². The molecule has 174 valence electrons. The van der Waals surface area contributed by atoms with Crippen molar-refractivity contribution in [1.29, 1.82) is 5.41 Å². The number of fused-ring (bicyclic) bond motifs is 1. The average molecular weight is 504 g/mol. The number of halogens is 1. The molecule has 8 nitrogen and oxygen atoms in total. The van der Waals surface area contributed by atoms with Crippen molar-refractivity contribution >= 4 is 51.4 Å². The van der Waals surface area contributed by atoms with Crippen LogP contribution in [0.4, 0.5) is 0 Å². The lowest BCUT2D eigenvalue weighted by Crippen LogP contribution is -2.35. The third-order valence-corrected chi connectivity index (χ3v) is 6.39. The second kappa shape index (κ2) is 9.73. The Kier molecular flexibility index (Phi) is 6.35. The van der Waals surface area contributed by atoms with E-state index in [-0.39, 0.29) is 11.4 Å². The monoisotopic (exact) mass is 503 g/mol. The molecule has 5 rings (SSSR count). The summed E-state index contributed by atoms with van der Waals surface area (Å²) in [6.45, 7) is 0.321. The van der Waals surface area contributed by atoms with Gasteiger partial charge in [-0.2, -0.15) is 15.1 Å². The van der Waals surface area contributed by atoms with Crippen molar-refractivity contribution < 1.29 is 14.3 Å². The number of aliphatic imine (C=N–C) groups is 1. The highest BCUT2D eigenvalue weighted by Crippen LogP contribution is 2.38. The number of benzene rings is 2. The lowest BCUT2D eigenvalue weighted by atomic mass is 10.1. The Balaban J connectivity index is 1.42. The van der Waals surface area contributed by atoms with Crippen molar-refractivity contribution in [3.63, 3.8) is 0 Å². The highest BCUT2D eigenvalue weighted by Gasteiger charge is 2.36. The Morgan fingerprint density at radius 3 is 2.74 bits per heavy atom. The SMILES string of the molecule is COc1cc(C=C2C(=N)N3N=C(c4cccnc4)SC3=NC2=O)cc(Cl)c1OCc1ccccc1. The van der Waals surface area contributed by atoms with Crippen molar-refractivity contribution in [2.75, 3.05) is 7.11 Å². The van der Waals surface area contributed by atoms with Crippen LogP contribution < -0.4 is 9.47 Å². The molecule has 0 saturated heterocycles. The van der Waals surface area contributed by atoms with E-state index in [0.29, 0.717) is 38.9 Å². The fourth-order valence-electron chi connectivity index (χ4n) is 3.46. The van der Waals surface area contributed by atoms with Crippen LogP contribution in [-0.2, 0) is 11.4 Å². The zero-order valence-electron chi connectivity index (χ0n) is 18.4. The maximum Gasteiger partial charge on any atom is 0.283 e. The van der Waals surface area contributed by atoms with Crippen LogP contribution in [0.2, 0.25) is 5.02 Å². The highest BCUT2D eigenvalue weighted by atomic mass is 35.5. The van der Waals surface area contributed by atoms with Crippen molar-refractivity contribution in [2.45, 2.75) is 6.61 Å². The number of hydrogen-bond acceptors (Lipinski definition) is 7. The lowest BCUT2D eigenvalue weighted by Gasteiger charge is -2.20. The first kappa shape index (κ1) is 22.8. The molecule has 2 aromatic carbocycles. The Morgan fingerprint density at radius 2 is 2.00 bits per heavy atom. The smallest absolute Gasteiger partial charge is 0.283 e. The van der Waals surface area contributed by atoms with Gasteiger partial charge in [0.1, 0.15) is 11.7 Å². The lowest BCUT2D eigenvalue weighted by molar-refractivity contribution is -0.114. The minimum absolute atomic E-state index is 0.0779. The van der Waals surface area contributed by atoms with E-state index in [1.807, 2.05) is 36.4 Å². The molecule has 3 aromatic rings. The number of nitrogens with zero attached hydrogens (tertiary/aromatic N) is 4. The summed E-state index contributed by atoms with van der Waals surface area (Å²) >= 11 is 7.72. The number of hydrazone groups is 1. The molecule has 10 heteroatoms. The number of pyridine rings is 1. The Hall–Kier alpha value is -3.95. The molecule has 0 saturated carbocycles. The number of amidine groups is 2. The molecule has 0 bridgehead atoms. The van der Waals surface area contributed by atoms with Gasteiger partial charge in [-0.25, -0.2) is 0 Å². The van der Waals surface area contributed by atoms with Crippen LogP contribution in [0.3, 0.4) is 0 Å². The van der Waals surface area contributed by atoms with Crippen LogP contribution in [-0.4, -0.2) is 39.1 Å². The third-order valence-electron chi connectivity index (χ3n) is 5.15. The first-order chi connectivity index (χ1) is 17.0. The molecule has 2 aliphatic heterocycles. The van der Waals surface area contributed by atoms with Crippen molar-refractivity contribution in [3.05, 3.63) is 94.3 Å². The maximum absolute atomic E-state index is 12.8. The first-order valence-electron chi connectivity index (χ1n) is 10.5. The number of carbonyl (C=O) groups is 1. The number of aromatic nitrogens is 1. The van der Waals surface area contributed by atoms with E-state index in [2.05, 4.69) is 15.1 Å². The van der Waals surface area contributed by atoms with Gasteiger partial charge < -0.3 is 9.47 Å². The molecule has 0 spiro atoms. The van der Waals surface area contributed by atoms with Crippen LogP contribution >= 0.6 is 23.4 Å². The predicted molar refractivity (Wildman–Crippen MR) is 137 cm³/mol. The number of methoxy groups -OCH3 is 1. The van der Waals surface area contributed by atoms with E-state index in [4.69, 9.17) is 26.5 Å². The van der Waals surface area contributed by atoms with Crippen LogP contribution in [0.15, 0.2) is 82.7 Å². The topological polar surface area (TPSA) is 100 Å². The summed E-state index contributed by atoms with van der Waals surface area (Å²) in [5.41, 5.74) is 2.42. The minimum Gasteiger partial charge on any atom is -0.493 e. The number of hydrogen-bond donors (Lipinski definition) is 1. The first-order valence-corrected chi connectivity index (χ1v) is 11.7. The van der Waals surface area contributed by atoms with Gasteiger partial charge in [0.25, 0.3) is 5.91 Å². The van der Waals surface area contributed by atoms with E-state index >= 15 is 0 Å². The van der Waals surface area contributed by atoms with Gasteiger partial charge in [-0.05, 0) is 53.2 Å². The van der Waals surface area contributed by atoms with Gasteiger partial charge in [0.15, 0.2) is 17.3 Å². The van der Waals surface area contributed by atoms with Gasteiger partial charge in [-0.15, -0.1) is 0 Å². The highest BCUT2D eigenvalue weighted by molar-refractivity contribution is 8.27. The number of rotatable bonds is 6. The van der Waals surface area contributed by atoms with E-state index < -0.39 is 5.91 Å². The molecule has 1 N–H and O–H groups in total. The zero-order chi connectivity index (χ0) is 24.4. The second-order valence-electron chi connectivity index (χ2n) is 7.48. The zero-order valence-corrected chi connectivity index (χ0v) is 20.0. The molecular formula is C25H18ClN5O3S. The third kappa shape index (κ3) is 4.68. The summed E-state index contributed by atoms with van der Waals surface area (Å²) in [5.74, 6) is 0.196. The molecule has 0 radical (unpaired) electrons. The number of carbonyl (C=O) groups excluding carboxylic acids is 1. The van der Waals surface area contributed by atoms with Gasteiger partial charge in [0, 0.05) is 18.0 Å². The molecule has 0 atom stereocenters. The maximum atomic E-state index is 12.8. The minimum atomic E-state index is -0.532. The molecule has 2 aliphatic rings. The second-order valence-corrected chi connectivity index (χ2v) is 8.84. The molecular weight excluding hydrogens is 486 g/mol. The van der Waals surface area contributed by atoms with Gasteiger partial charge in [0.2, 0.25) is 5.17 Å². The standard InChI is InChI=1S/C25H18ClN5O3S/c1-33-20-12-16(11-19(26)21(20)34-14-15-6-3-2-4-7-15)10-18-22(27)31-25(29-23(18)32)35-24(30-31)17-8-5-9-28-13-17/h2-13,27H,14H2,1H3. The van der Waals surface area contributed by atoms with Crippen molar-refractivity contribution in [1.82, 2.24) is 9.99 Å². The summed E-state index contributed by atoms with van der Waals surface area (Å²) in [6.07, 6.45) is 4.88. The quantitative estimate of drug-likeness (QED) is 0.476. The van der Waals surface area contributed by atoms with Crippen LogP contribution in [0.25, 0.3) is 6.08 Å². The van der Waals surface area contributed by atoms with Gasteiger partial charge in [0.05, 0.1) is 17.7 Å². The predicted octanol–water partition coefficient (Wildman–Crippen LogP) is 4.99. The summed E-state index contributed by atoms with van der Waals surface area (Å²) in [5, 5.41) is 15.7. The molecule has 35 heavy (non-hydrogen) atoms. The Bertz CT molecular complexity index is 1410. The van der Waals surface area contributed by atoms with Crippen LogP contribution in [0.5, 0.6) is 11.5 Å². The summed E-state index contributed by atoms with van der Waals surface area (Å²) in [6, 6.07) is 16.7. The Labute approximate surface area is 210 Å². The van der Waals surface area contributed by atoms with Crippen molar-refractivity contribution in [3.8, 4) is 11.5 Å². The van der Waals surface area contributed by atoms with Gasteiger partial charge in [-0.3, -0.25) is 15.2 Å². The number of thioether (sulfide) groups is 1. The molecule has 0 aliphatic carbocycles. The molecule has 3 heterocycles. The summed E-state index contributed by atoms with van der Waals surface area (Å²) in [7, 11) is 1.51. The van der Waals surface area contributed by atoms with Gasteiger partial charge >= 0.3 is 0 Å². The summed E-state index contributed by atoms with van der Waals surface area (Å²) in [4.78, 5) is 21.0. The molecule has 1 aromatic heterocycles. The average Bonchev–Trinajstić information content (AvgIpc) is 3.31. The molecule has 1 amide bonds. The normalized spacial score (nSPS) is 16.2. The van der Waals surface area contributed by atoms with E-state index in [0.717, 1.165) is 11.1 Å². The van der Waals surface area contributed by atoms with E-state index in [1.54, 1.807) is 36.7 Å².